The topological polar surface area (TPSA) is 42.0 Å². The first-order valence-corrected chi connectivity index (χ1v) is 9.10. The zero-order valence-corrected chi connectivity index (χ0v) is 14.6. The number of halogens is 1. The first-order valence-electron chi connectivity index (χ1n) is 7.69. The van der Waals surface area contributed by atoms with Crippen LogP contribution in [-0.4, -0.2) is 16.8 Å². The van der Waals surface area contributed by atoms with Crippen molar-refractivity contribution in [3.8, 4) is 21.8 Å². The van der Waals surface area contributed by atoms with Gasteiger partial charge in [0.15, 0.2) is 0 Å². The van der Waals surface area contributed by atoms with Crippen molar-refractivity contribution in [2.75, 3.05) is 5.88 Å². The quantitative estimate of drug-likeness (QED) is 0.649. The van der Waals surface area contributed by atoms with E-state index < -0.39 is 0 Å². The fraction of sp³-hybridized carbons (Fsp3) is 0.158. The van der Waals surface area contributed by atoms with E-state index in [-0.39, 0.29) is 5.91 Å². The molecule has 0 saturated heterocycles. The van der Waals surface area contributed by atoms with Gasteiger partial charge in [-0.05, 0) is 11.6 Å². The van der Waals surface area contributed by atoms with Gasteiger partial charge in [0.05, 0.1) is 5.69 Å². The molecule has 0 radical (unpaired) electrons. The fourth-order valence-electron chi connectivity index (χ4n) is 2.34. The number of nitrogens with one attached hydrogen (secondary N) is 1. The Kier molecular flexibility index (Phi) is 5.62. The maximum atomic E-state index is 11.5. The maximum absolute atomic E-state index is 11.5. The van der Waals surface area contributed by atoms with Crippen molar-refractivity contribution in [2.45, 2.75) is 13.0 Å². The molecule has 5 heteroatoms. The molecule has 1 heterocycles. The molecule has 0 aliphatic carbocycles. The summed E-state index contributed by atoms with van der Waals surface area (Å²) < 4.78 is 0. The van der Waals surface area contributed by atoms with Gasteiger partial charge in [-0.1, -0.05) is 48.5 Å². The zero-order chi connectivity index (χ0) is 16.8. The second-order valence-corrected chi connectivity index (χ2v) is 6.56. The van der Waals surface area contributed by atoms with E-state index >= 15 is 0 Å². The van der Waals surface area contributed by atoms with Gasteiger partial charge in [-0.3, -0.25) is 4.79 Å². The second-order valence-electron chi connectivity index (χ2n) is 5.32. The molecule has 0 saturated carbocycles. The number of carbonyl (C=O) groups excluding carboxylic acids is 1. The molecule has 0 fully saturated rings. The lowest BCUT2D eigenvalue weighted by atomic mass is 10.1. The molecule has 1 amide bonds. The molecule has 0 aliphatic rings. The summed E-state index contributed by atoms with van der Waals surface area (Å²) in [6, 6.07) is 18.2. The highest BCUT2D eigenvalue weighted by Gasteiger charge is 2.07. The fourth-order valence-corrected chi connectivity index (χ4v) is 3.33. The van der Waals surface area contributed by atoms with Crippen LogP contribution in [0.1, 0.15) is 12.0 Å². The summed E-state index contributed by atoms with van der Waals surface area (Å²) in [5.74, 6) is 0.309. The third-order valence-electron chi connectivity index (χ3n) is 3.56. The van der Waals surface area contributed by atoms with Crippen LogP contribution in [0.5, 0.6) is 0 Å². The van der Waals surface area contributed by atoms with Crippen molar-refractivity contribution in [1.29, 1.82) is 0 Å². The monoisotopic (exact) mass is 356 g/mol. The highest BCUT2D eigenvalue weighted by atomic mass is 35.5. The van der Waals surface area contributed by atoms with Crippen molar-refractivity contribution < 1.29 is 4.79 Å². The highest BCUT2D eigenvalue weighted by Crippen LogP contribution is 2.29. The molecule has 0 atom stereocenters. The number of thiazole rings is 1. The van der Waals surface area contributed by atoms with Gasteiger partial charge in [0.1, 0.15) is 5.01 Å². The van der Waals surface area contributed by atoms with E-state index in [4.69, 9.17) is 16.6 Å². The third-order valence-corrected chi connectivity index (χ3v) is 4.64. The van der Waals surface area contributed by atoms with Crippen LogP contribution in [0.2, 0.25) is 0 Å². The number of rotatable bonds is 6. The second kappa shape index (κ2) is 8.08. The Balaban J connectivity index is 1.75. The Hall–Kier alpha value is -2.17. The molecule has 0 spiro atoms. The van der Waals surface area contributed by atoms with E-state index in [1.165, 1.54) is 0 Å². The number of carbonyl (C=O) groups is 1. The Morgan fingerprint density at radius 2 is 1.88 bits per heavy atom. The summed E-state index contributed by atoms with van der Waals surface area (Å²) in [5, 5.41) is 5.91. The van der Waals surface area contributed by atoms with Crippen LogP contribution in [0, 0.1) is 0 Å². The van der Waals surface area contributed by atoms with E-state index in [2.05, 4.69) is 28.9 Å². The summed E-state index contributed by atoms with van der Waals surface area (Å²) in [6.07, 6.45) is 0.341. The van der Waals surface area contributed by atoms with Crippen molar-refractivity contribution >= 4 is 28.8 Å². The lowest BCUT2D eigenvalue weighted by molar-refractivity contribution is -0.120. The largest absolute Gasteiger partial charge is 0.352 e. The van der Waals surface area contributed by atoms with Gasteiger partial charge < -0.3 is 5.32 Å². The van der Waals surface area contributed by atoms with Gasteiger partial charge in [-0.15, -0.1) is 22.9 Å². The van der Waals surface area contributed by atoms with Crippen LogP contribution in [0.3, 0.4) is 0 Å². The normalized spacial score (nSPS) is 10.5. The molecule has 122 valence electrons. The summed E-state index contributed by atoms with van der Waals surface area (Å²) in [4.78, 5) is 16.3. The lowest BCUT2D eigenvalue weighted by Crippen LogP contribution is -2.22. The number of hydrogen-bond donors (Lipinski definition) is 1. The predicted molar refractivity (Wildman–Crippen MR) is 100 cm³/mol. The molecular formula is C19H17ClN2OS. The van der Waals surface area contributed by atoms with E-state index in [0.29, 0.717) is 18.8 Å². The summed E-state index contributed by atoms with van der Waals surface area (Å²) in [6.45, 7) is 0.500. The van der Waals surface area contributed by atoms with E-state index in [1.807, 2.05) is 36.4 Å². The first-order chi connectivity index (χ1) is 11.8. The molecule has 3 rings (SSSR count). The van der Waals surface area contributed by atoms with Crippen LogP contribution in [0.15, 0.2) is 60.0 Å². The van der Waals surface area contributed by atoms with Gasteiger partial charge >= 0.3 is 0 Å². The van der Waals surface area contributed by atoms with Crippen molar-refractivity contribution in [1.82, 2.24) is 10.3 Å². The predicted octanol–water partition coefficient (Wildman–Crippen LogP) is 4.72. The lowest BCUT2D eigenvalue weighted by Gasteiger charge is -2.05. The van der Waals surface area contributed by atoms with E-state index in [9.17, 15) is 4.79 Å². The van der Waals surface area contributed by atoms with Gasteiger partial charge in [0.2, 0.25) is 5.91 Å². The van der Waals surface area contributed by atoms with Crippen LogP contribution < -0.4 is 5.32 Å². The Labute approximate surface area is 150 Å². The molecule has 2 aromatic carbocycles. The van der Waals surface area contributed by atoms with Gasteiger partial charge in [0.25, 0.3) is 0 Å². The van der Waals surface area contributed by atoms with E-state index in [1.54, 1.807) is 11.3 Å². The van der Waals surface area contributed by atoms with Crippen LogP contribution in [0.4, 0.5) is 0 Å². The number of hydrogen-bond acceptors (Lipinski definition) is 3. The van der Waals surface area contributed by atoms with Crippen molar-refractivity contribution in [3.63, 3.8) is 0 Å². The van der Waals surface area contributed by atoms with E-state index in [0.717, 1.165) is 27.4 Å². The third kappa shape index (κ3) is 4.22. The number of nitrogens with zero attached hydrogens (tertiary/aromatic N) is 1. The SMILES string of the molecule is O=C(CCCl)NCc1cccc(-c2nc(-c3ccccc3)cs2)c1. The molecule has 0 unspecified atom stereocenters. The van der Waals surface area contributed by atoms with Gasteiger partial charge in [-0.2, -0.15) is 0 Å². The Morgan fingerprint density at radius 1 is 1.08 bits per heavy atom. The number of alkyl halides is 1. The molecule has 0 bridgehead atoms. The maximum Gasteiger partial charge on any atom is 0.221 e. The van der Waals surface area contributed by atoms with Crippen molar-refractivity contribution in [2.24, 2.45) is 0 Å². The van der Waals surface area contributed by atoms with Gasteiger partial charge in [0, 0.05) is 35.4 Å². The molecular weight excluding hydrogens is 340 g/mol. The first kappa shape index (κ1) is 16.7. The minimum atomic E-state index is -0.0315. The van der Waals surface area contributed by atoms with Crippen LogP contribution in [0.25, 0.3) is 21.8 Å². The molecule has 1 aromatic heterocycles. The average molecular weight is 357 g/mol. The molecule has 24 heavy (non-hydrogen) atoms. The Bertz CT molecular complexity index is 817. The van der Waals surface area contributed by atoms with Gasteiger partial charge in [-0.25, -0.2) is 4.98 Å². The minimum absolute atomic E-state index is 0.0315. The Morgan fingerprint density at radius 3 is 2.67 bits per heavy atom. The molecule has 1 N–H and O–H groups in total. The number of benzene rings is 2. The number of aromatic nitrogens is 1. The van der Waals surface area contributed by atoms with Crippen molar-refractivity contribution in [3.05, 3.63) is 65.5 Å². The number of amides is 1. The average Bonchev–Trinajstić information content (AvgIpc) is 3.11. The highest BCUT2D eigenvalue weighted by molar-refractivity contribution is 7.13. The summed E-state index contributed by atoms with van der Waals surface area (Å²) in [5.41, 5.74) is 4.21. The standard InChI is InChI=1S/C19H17ClN2OS/c20-10-9-18(23)21-12-14-5-4-8-16(11-14)19-22-17(13-24-19)15-6-2-1-3-7-15/h1-8,11,13H,9-10,12H2,(H,21,23). The smallest absolute Gasteiger partial charge is 0.221 e. The zero-order valence-electron chi connectivity index (χ0n) is 13.0. The summed E-state index contributed by atoms with van der Waals surface area (Å²) >= 11 is 7.19. The van der Waals surface area contributed by atoms with Crippen LogP contribution in [-0.2, 0) is 11.3 Å². The molecule has 0 aliphatic heterocycles. The summed E-state index contributed by atoms with van der Waals surface area (Å²) in [7, 11) is 0. The minimum Gasteiger partial charge on any atom is -0.352 e. The molecule has 3 aromatic rings. The molecule has 3 nitrogen and oxygen atoms in total. The van der Waals surface area contributed by atoms with Crippen LogP contribution >= 0.6 is 22.9 Å².